The first-order valence-electron chi connectivity index (χ1n) is 8.35. The van der Waals surface area contributed by atoms with Crippen molar-refractivity contribution >= 4 is 23.3 Å². The molecule has 0 unspecified atom stereocenters. The maximum atomic E-state index is 14.1. The van der Waals surface area contributed by atoms with Gasteiger partial charge >= 0.3 is 0 Å². The Kier molecular flexibility index (Phi) is 5.53. The molecule has 0 N–H and O–H groups in total. The van der Waals surface area contributed by atoms with Crippen LogP contribution >= 0.6 is 11.6 Å². The van der Waals surface area contributed by atoms with Gasteiger partial charge in [0.1, 0.15) is 0 Å². The fraction of sp³-hybridized carbons (Fsp3) is 0.471. The molecule has 1 amide bonds. The third-order valence-electron chi connectivity index (χ3n) is 4.45. The average Bonchev–Trinajstić information content (AvgIpc) is 2.84. The number of hydrogen-bond donors (Lipinski definition) is 0. The number of amides is 1. The van der Waals surface area contributed by atoms with Crippen LogP contribution in [0.15, 0.2) is 24.5 Å². The predicted octanol–water partition coefficient (Wildman–Crippen LogP) is 2.28. The summed E-state index contributed by atoms with van der Waals surface area (Å²) in [4.78, 5) is 20.3. The second kappa shape index (κ2) is 7.82. The number of hydrogen-bond acceptors (Lipinski definition) is 4. The smallest absolute Gasteiger partial charge is 0.223 e. The van der Waals surface area contributed by atoms with Gasteiger partial charge in [-0.15, -0.1) is 0 Å². The molecule has 0 spiro atoms. The van der Waals surface area contributed by atoms with Gasteiger partial charge in [-0.05, 0) is 25.0 Å². The maximum absolute atomic E-state index is 14.1. The Balaban J connectivity index is 1.57. The molecule has 0 saturated carbocycles. The minimum Gasteiger partial charge on any atom is -0.352 e. The van der Waals surface area contributed by atoms with E-state index in [1.54, 1.807) is 10.9 Å². The number of carbonyl (C=O) groups is 1. The Bertz CT molecular complexity index is 750. The summed E-state index contributed by atoms with van der Waals surface area (Å²) in [6, 6.07) is 3.19. The highest BCUT2D eigenvalue weighted by Crippen LogP contribution is 2.21. The van der Waals surface area contributed by atoms with E-state index in [1.165, 1.54) is 12.3 Å². The monoisotopic (exact) mass is 365 g/mol. The molecular weight excluding hydrogens is 345 g/mol. The van der Waals surface area contributed by atoms with Crippen molar-refractivity contribution in [3.05, 3.63) is 41.1 Å². The average molecular weight is 366 g/mol. The van der Waals surface area contributed by atoms with Gasteiger partial charge in [0.15, 0.2) is 11.6 Å². The van der Waals surface area contributed by atoms with Crippen LogP contribution < -0.4 is 4.90 Å². The third kappa shape index (κ3) is 4.28. The van der Waals surface area contributed by atoms with Crippen LogP contribution in [-0.4, -0.2) is 51.8 Å². The van der Waals surface area contributed by atoms with Crippen LogP contribution in [0.1, 0.15) is 18.5 Å². The second-order valence-corrected chi connectivity index (χ2v) is 6.56. The van der Waals surface area contributed by atoms with E-state index in [0.29, 0.717) is 44.8 Å². The van der Waals surface area contributed by atoms with Gasteiger partial charge in [0.05, 0.1) is 5.02 Å². The summed E-state index contributed by atoms with van der Waals surface area (Å²) >= 11 is 5.76. The van der Waals surface area contributed by atoms with Crippen molar-refractivity contribution in [3.8, 4) is 0 Å². The van der Waals surface area contributed by atoms with Gasteiger partial charge in [-0.2, -0.15) is 5.10 Å². The molecule has 25 heavy (non-hydrogen) atoms. The fourth-order valence-electron chi connectivity index (χ4n) is 3.06. The molecule has 134 valence electrons. The first kappa shape index (κ1) is 17.7. The number of nitrogens with zero attached hydrogens (tertiary/aromatic N) is 5. The van der Waals surface area contributed by atoms with Crippen LogP contribution in [0.3, 0.4) is 0 Å². The maximum Gasteiger partial charge on any atom is 0.223 e. The highest BCUT2D eigenvalue weighted by molar-refractivity contribution is 6.30. The molecule has 6 nitrogen and oxygen atoms in total. The molecule has 1 aliphatic heterocycles. The second-order valence-electron chi connectivity index (χ2n) is 6.13. The highest BCUT2D eigenvalue weighted by Gasteiger charge is 2.21. The summed E-state index contributed by atoms with van der Waals surface area (Å²) in [5.74, 6) is -0.00958. The standard InChI is InChI=1S/C17H21ClFN5O/c1-22-14(5-6-21-22)3-4-16(25)23-7-2-8-24(10-9-23)17-15(19)11-13(18)12-20-17/h5-6,11-12H,2-4,7-10H2,1H3. The van der Waals surface area contributed by atoms with Crippen molar-refractivity contribution in [1.82, 2.24) is 19.7 Å². The SMILES string of the molecule is Cn1nccc1CCC(=O)N1CCCN(c2ncc(Cl)cc2F)CC1. The molecule has 0 atom stereocenters. The van der Waals surface area contributed by atoms with Crippen molar-refractivity contribution in [1.29, 1.82) is 0 Å². The van der Waals surface area contributed by atoms with Gasteiger partial charge < -0.3 is 9.80 Å². The van der Waals surface area contributed by atoms with Crippen molar-refractivity contribution in [2.75, 3.05) is 31.1 Å². The van der Waals surface area contributed by atoms with E-state index in [2.05, 4.69) is 10.1 Å². The predicted molar refractivity (Wildman–Crippen MR) is 94.1 cm³/mol. The first-order chi connectivity index (χ1) is 12.0. The van der Waals surface area contributed by atoms with E-state index in [0.717, 1.165) is 12.1 Å². The number of pyridine rings is 1. The lowest BCUT2D eigenvalue weighted by Crippen LogP contribution is -2.35. The van der Waals surface area contributed by atoms with Gasteiger partial charge in [-0.25, -0.2) is 9.37 Å². The lowest BCUT2D eigenvalue weighted by Gasteiger charge is -2.23. The largest absolute Gasteiger partial charge is 0.352 e. The quantitative estimate of drug-likeness (QED) is 0.834. The summed E-state index contributed by atoms with van der Waals surface area (Å²) in [5, 5.41) is 4.39. The van der Waals surface area contributed by atoms with Gasteiger partial charge in [0.25, 0.3) is 0 Å². The number of carbonyl (C=O) groups excluding carboxylic acids is 1. The molecule has 0 radical (unpaired) electrons. The number of rotatable bonds is 4. The minimum absolute atomic E-state index is 0.118. The van der Waals surface area contributed by atoms with Crippen LogP contribution in [0.2, 0.25) is 5.02 Å². The first-order valence-corrected chi connectivity index (χ1v) is 8.73. The molecule has 1 saturated heterocycles. The Hall–Kier alpha value is -2.15. The number of halogens is 2. The Morgan fingerprint density at radius 1 is 1.32 bits per heavy atom. The molecule has 0 aliphatic carbocycles. The molecule has 3 heterocycles. The van der Waals surface area contributed by atoms with E-state index < -0.39 is 5.82 Å². The molecule has 2 aromatic rings. The highest BCUT2D eigenvalue weighted by atomic mass is 35.5. The molecule has 0 aromatic carbocycles. The van der Waals surface area contributed by atoms with Crippen LogP contribution in [0.4, 0.5) is 10.2 Å². The summed E-state index contributed by atoms with van der Waals surface area (Å²) in [6.07, 6.45) is 5.08. The fourth-order valence-corrected chi connectivity index (χ4v) is 3.20. The van der Waals surface area contributed by atoms with Gasteiger partial charge in [-0.3, -0.25) is 9.48 Å². The molecule has 0 bridgehead atoms. The number of aryl methyl sites for hydroxylation is 2. The molecule has 3 rings (SSSR count). The summed E-state index contributed by atoms with van der Waals surface area (Å²) in [7, 11) is 1.87. The van der Waals surface area contributed by atoms with Crippen molar-refractivity contribution in [2.45, 2.75) is 19.3 Å². The lowest BCUT2D eigenvalue weighted by atomic mass is 10.2. The van der Waals surface area contributed by atoms with Crippen molar-refractivity contribution < 1.29 is 9.18 Å². The Morgan fingerprint density at radius 3 is 2.88 bits per heavy atom. The summed E-state index contributed by atoms with van der Waals surface area (Å²) < 4.78 is 15.8. The zero-order chi connectivity index (χ0) is 17.8. The van der Waals surface area contributed by atoms with E-state index in [-0.39, 0.29) is 10.9 Å². The molecule has 8 heteroatoms. The molecule has 1 aliphatic rings. The van der Waals surface area contributed by atoms with E-state index in [1.807, 2.05) is 22.9 Å². The number of anilines is 1. The van der Waals surface area contributed by atoms with Crippen LogP contribution in [0.25, 0.3) is 0 Å². The summed E-state index contributed by atoms with van der Waals surface area (Å²) in [5.41, 5.74) is 1.04. The van der Waals surface area contributed by atoms with Crippen molar-refractivity contribution in [3.63, 3.8) is 0 Å². The minimum atomic E-state index is -0.427. The van der Waals surface area contributed by atoms with E-state index >= 15 is 0 Å². The van der Waals surface area contributed by atoms with Gasteiger partial charge in [-0.1, -0.05) is 11.6 Å². The third-order valence-corrected chi connectivity index (χ3v) is 4.66. The van der Waals surface area contributed by atoms with Gasteiger partial charge in [0.2, 0.25) is 5.91 Å². The normalized spacial score (nSPS) is 15.3. The molecular formula is C17H21ClFN5O. The Morgan fingerprint density at radius 2 is 2.16 bits per heavy atom. The van der Waals surface area contributed by atoms with Crippen LogP contribution in [0.5, 0.6) is 0 Å². The van der Waals surface area contributed by atoms with Gasteiger partial charge in [0, 0.05) is 57.7 Å². The zero-order valence-corrected chi connectivity index (χ0v) is 14.9. The number of aromatic nitrogens is 3. The molecule has 2 aromatic heterocycles. The van der Waals surface area contributed by atoms with Crippen LogP contribution in [0, 0.1) is 5.82 Å². The van der Waals surface area contributed by atoms with E-state index in [9.17, 15) is 9.18 Å². The van der Waals surface area contributed by atoms with Crippen LogP contribution in [-0.2, 0) is 18.3 Å². The zero-order valence-electron chi connectivity index (χ0n) is 14.2. The molecule has 1 fully saturated rings. The lowest BCUT2D eigenvalue weighted by molar-refractivity contribution is -0.130. The Labute approximate surface area is 151 Å². The van der Waals surface area contributed by atoms with E-state index in [4.69, 9.17) is 11.6 Å². The van der Waals surface area contributed by atoms with Crippen molar-refractivity contribution in [2.24, 2.45) is 7.05 Å². The topological polar surface area (TPSA) is 54.3 Å². The summed E-state index contributed by atoms with van der Waals surface area (Å²) in [6.45, 7) is 2.46.